The summed E-state index contributed by atoms with van der Waals surface area (Å²) >= 11 is 6.29. The first-order chi connectivity index (χ1) is 22.5. The molecule has 1 aliphatic rings. The van der Waals surface area contributed by atoms with Crippen LogP contribution in [0.4, 0.5) is 8.78 Å². The number of amides is 1. The number of benzene rings is 3. The van der Waals surface area contributed by atoms with Gasteiger partial charge in [0.1, 0.15) is 30.1 Å². The van der Waals surface area contributed by atoms with Crippen molar-refractivity contribution in [3.8, 4) is 28.0 Å². The molecule has 47 heavy (non-hydrogen) atoms. The number of carbonyl (C=O) groups excluding carboxylic acids is 3. The molecule has 0 aliphatic carbocycles. The standard InChI is InChI=1S/C36H31ClF2N4O4/c1-20(44)29-18-42(31-14-34(47-3)27(13-28(29)31)23-15-40-21(2)41-16-23)19-35(46)43-17-24(38)12-32(43)33(45)11-22-7-6-9-26(36(22)39)25-8-4-5-10-30(25)37/h4-10,13-16,18,24,32H,11-12,17,19H2,1-3H3/t24-,32+/m1/s1. The van der Waals surface area contributed by atoms with E-state index in [1.165, 1.54) is 25.0 Å². The molecule has 5 aromatic rings. The van der Waals surface area contributed by atoms with E-state index in [1.54, 1.807) is 78.6 Å². The first kappa shape index (κ1) is 32.0. The molecule has 6 rings (SSSR count). The Hall–Kier alpha value is -4.96. The average molecular weight is 657 g/mol. The van der Waals surface area contributed by atoms with E-state index in [1.807, 2.05) is 0 Å². The van der Waals surface area contributed by atoms with Gasteiger partial charge in [0.15, 0.2) is 11.6 Å². The van der Waals surface area contributed by atoms with Crippen LogP contribution in [-0.4, -0.2) is 62.8 Å². The Morgan fingerprint density at radius 3 is 2.45 bits per heavy atom. The molecule has 0 N–H and O–H groups in total. The third-order valence-corrected chi connectivity index (χ3v) is 8.86. The lowest BCUT2D eigenvalue weighted by Gasteiger charge is -2.24. The van der Waals surface area contributed by atoms with Gasteiger partial charge in [-0.25, -0.2) is 18.7 Å². The van der Waals surface area contributed by atoms with E-state index in [0.717, 1.165) is 0 Å². The van der Waals surface area contributed by atoms with Gasteiger partial charge in [0.2, 0.25) is 5.91 Å². The Bertz CT molecular complexity index is 2030. The fourth-order valence-corrected chi connectivity index (χ4v) is 6.40. The first-order valence-corrected chi connectivity index (χ1v) is 15.4. The van der Waals surface area contributed by atoms with Crippen molar-refractivity contribution in [3.05, 3.63) is 101 Å². The van der Waals surface area contributed by atoms with Crippen molar-refractivity contribution in [2.45, 2.75) is 45.4 Å². The number of aryl methyl sites for hydroxylation is 1. The molecule has 1 saturated heterocycles. The molecule has 1 fully saturated rings. The lowest BCUT2D eigenvalue weighted by Crippen LogP contribution is -2.42. The topological polar surface area (TPSA) is 94.4 Å². The zero-order chi connectivity index (χ0) is 33.4. The number of halogens is 3. The van der Waals surface area contributed by atoms with Crippen molar-refractivity contribution in [2.75, 3.05) is 13.7 Å². The second kappa shape index (κ2) is 13.0. The van der Waals surface area contributed by atoms with Crippen molar-refractivity contribution in [1.29, 1.82) is 0 Å². The van der Waals surface area contributed by atoms with Crippen LogP contribution in [0.5, 0.6) is 5.75 Å². The highest BCUT2D eigenvalue weighted by Gasteiger charge is 2.40. The van der Waals surface area contributed by atoms with Gasteiger partial charge in [-0.05, 0) is 31.5 Å². The fraction of sp³-hybridized carbons (Fsp3) is 0.250. The first-order valence-electron chi connectivity index (χ1n) is 15.0. The van der Waals surface area contributed by atoms with Crippen molar-refractivity contribution >= 4 is 40.0 Å². The van der Waals surface area contributed by atoms with Gasteiger partial charge in [0, 0.05) is 75.7 Å². The van der Waals surface area contributed by atoms with Crippen molar-refractivity contribution in [1.82, 2.24) is 19.4 Å². The molecule has 240 valence electrons. The van der Waals surface area contributed by atoms with Gasteiger partial charge in [-0.15, -0.1) is 0 Å². The summed E-state index contributed by atoms with van der Waals surface area (Å²) in [4.78, 5) is 49.7. The zero-order valence-corrected chi connectivity index (χ0v) is 26.7. The maximum atomic E-state index is 15.6. The highest BCUT2D eigenvalue weighted by molar-refractivity contribution is 6.33. The van der Waals surface area contributed by atoms with Gasteiger partial charge in [-0.2, -0.15) is 0 Å². The molecule has 3 heterocycles. The summed E-state index contributed by atoms with van der Waals surface area (Å²) in [5.74, 6) is -0.698. The van der Waals surface area contributed by atoms with E-state index in [9.17, 15) is 18.8 Å². The molecule has 2 aromatic heterocycles. The molecular formula is C36H31ClF2N4O4. The SMILES string of the molecule is COc1cc2c(cc1-c1cnc(C)nc1)c(C(C)=O)cn2CC(=O)N1C[C@H](F)C[C@H]1C(=O)Cc1cccc(-c2ccccc2Cl)c1F. The molecule has 11 heteroatoms. The van der Waals surface area contributed by atoms with E-state index in [4.69, 9.17) is 16.3 Å². The fourth-order valence-electron chi connectivity index (χ4n) is 6.17. The maximum Gasteiger partial charge on any atom is 0.243 e. The van der Waals surface area contributed by atoms with Gasteiger partial charge in [-0.3, -0.25) is 14.4 Å². The third kappa shape index (κ3) is 6.25. The minimum absolute atomic E-state index is 0.131. The van der Waals surface area contributed by atoms with E-state index < -0.39 is 29.7 Å². The van der Waals surface area contributed by atoms with Crippen molar-refractivity contribution in [3.63, 3.8) is 0 Å². The van der Waals surface area contributed by atoms with Gasteiger partial charge in [0.05, 0.1) is 25.2 Å². The van der Waals surface area contributed by atoms with Crippen LogP contribution in [0.15, 0.2) is 73.2 Å². The Kier molecular flexibility index (Phi) is 8.88. The van der Waals surface area contributed by atoms with Crippen LogP contribution in [0.1, 0.15) is 35.1 Å². The quantitative estimate of drug-likeness (QED) is 0.162. The van der Waals surface area contributed by atoms with Gasteiger partial charge >= 0.3 is 0 Å². The number of Topliss-reactive ketones (excluding diaryl/α,β-unsaturated/α-hetero) is 2. The minimum Gasteiger partial charge on any atom is -0.496 e. The monoisotopic (exact) mass is 656 g/mol. The van der Waals surface area contributed by atoms with E-state index in [-0.39, 0.29) is 42.8 Å². The van der Waals surface area contributed by atoms with Crippen LogP contribution in [0.25, 0.3) is 33.2 Å². The van der Waals surface area contributed by atoms with Gasteiger partial charge in [-0.1, -0.05) is 48.0 Å². The van der Waals surface area contributed by atoms with Gasteiger partial charge in [0.25, 0.3) is 0 Å². The summed E-state index contributed by atoms with van der Waals surface area (Å²) in [7, 11) is 1.51. The Morgan fingerprint density at radius 1 is 1.02 bits per heavy atom. The second-order valence-corrected chi connectivity index (χ2v) is 12.0. The largest absolute Gasteiger partial charge is 0.496 e. The number of alkyl halides is 1. The smallest absolute Gasteiger partial charge is 0.243 e. The summed E-state index contributed by atoms with van der Waals surface area (Å²) in [6, 6.07) is 14.0. The average Bonchev–Trinajstić information content (AvgIpc) is 3.62. The maximum absolute atomic E-state index is 15.6. The Morgan fingerprint density at radius 2 is 1.74 bits per heavy atom. The number of hydrogen-bond donors (Lipinski definition) is 0. The summed E-state index contributed by atoms with van der Waals surface area (Å²) in [5.41, 5.74) is 3.16. The number of likely N-dealkylation sites (tertiary alicyclic amines) is 1. The molecule has 2 atom stereocenters. The van der Waals surface area contributed by atoms with Crippen LogP contribution >= 0.6 is 11.6 Å². The number of ketones is 2. The number of nitrogens with zero attached hydrogens (tertiary/aromatic N) is 4. The molecular weight excluding hydrogens is 626 g/mol. The highest BCUT2D eigenvalue weighted by Crippen LogP contribution is 2.37. The zero-order valence-electron chi connectivity index (χ0n) is 26.0. The third-order valence-electron chi connectivity index (χ3n) is 8.53. The van der Waals surface area contributed by atoms with Gasteiger partial charge < -0.3 is 14.2 Å². The summed E-state index contributed by atoms with van der Waals surface area (Å²) in [5, 5.41) is 0.958. The van der Waals surface area contributed by atoms with E-state index in [2.05, 4.69) is 9.97 Å². The molecule has 8 nitrogen and oxygen atoms in total. The summed E-state index contributed by atoms with van der Waals surface area (Å²) < 4.78 is 37.7. The summed E-state index contributed by atoms with van der Waals surface area (Å²) in [6.45, 7) is 2.68. The predicted molar refractivity (Wildman–Crippen MR) is 175 cm³/mol. The number of ether oxygens (including phenoxy) is 1. The van der Waals surface area contributed by atoms with Crippen LogP contribution in [-0.2, 0) is 22.6 Å². The lowest BCUT2D eigenvalue weighted by molar-refractivity contribution is -0.137. The molecule has 0 bridgehead atoms. The van der Waals surface area contributed by atoms with Crippen LogP contribution in [0.3, 0.4) is 0 Å². The number of hydrogen-bond acceptors (Lipinski definition) is 6. The number of fused-ring (bicyclic) bond motifs is 1. The number of aromatic nitrogens is 3. The van der Waals surface area contributed by atoms with Crippen molar-refractivity contribution in [2.24, 2.45) is 0 Å². The molecule has 3 aromatic carbocycles. The van der Waals surface area contributed by atoms with Crippen LogP contribution in [0, 0.1) is 12.7 Å². The van der Waals surface area contributed by atoms with Crippen LogP contribution < -0.4 is 4.74 Å². The highest BCUT2D eigenvalue weighted by atomic mass is 35.5. The van der Waals surface area contributed by atoms with Crippen molar-refractivity contribution < 1.29 is 27.9 Å². The summed E-state index contributed by atoms with van der Waals surface area (Å²) in [6.07, 6.45) is 2.98. The number of methoxy groups -OCH3 is 1. The van der Waals surface area contributed by atoms with E-state index in [0.29, 0.717) is 49.8 Å². The molecule has 1 aliphatic heterocycles. The molecule has 1 amide bonds. The Labute approximate surface area is 275 Å². The van der Waals surface area contributed by atoms with Crippen LogP contribution in [0.2, 0.25) is 5.02 Å². The Balaban J connectivity index is 1.28. The predicted octanol–water partition coefficient (Wildman–Crippen LogP) is 6.83. The molecule has 0 unspecified atom stereocenters. The normalized spacial score (nSPS) is 16.1. The number of carbonyl (C=O) groups is 3. The minimum atomic E-state index is -1.42. The molecule has 0 radical (unpaired) electrons. The second-order valence-electron chi connectivity index (χ2n) is 11.6. The molecule has 0 spiro atoms. The lowest BCUT2D eigenvalue weighted by atomic mass is 9.97. The van der Waals surface area contributed by atoms with E-state index >= 15 is 4.39 Å². The molecule has 0 saturated carbocycles. The number of rotatable bonds is 9.